The summed E-state index contributed by atoms with van der Waals surface area (Å²) < 4.78 is 10.9. The van der Waals surface area contributed by atoms with E-state index in [-0.39, 0.29) is 0 Å². The molecule has 0 heterocycles. The molecule has 0 spiro atoms. The van der Waals surface area contributed by atoms with E-state index in [4.69, 9.17) is 9.47 Å². The molecule has 0 unspecified atom stereocenters. The normalized spacial score (nSPS) is 15.8. The predicted molar refractivity (Wildman–Crippen MR) is 96.4 cm³/mol. The van der Waals surface area contributed by atoms with Crippen molar-refractivity contribution in [2.45, 2.75) is 58.6 Å². The molecule has 0 radical (unpaired) electrons. The summed E-state index contributed by atoms with van der Waals surface area (Å²) in [7, 11) is 1.72. The van der Waals surface area contributed by atoms with Gasteiger partial charge in [-0.2, -0.15) is 0 Å². The second-order valence-electron chi connectivity index (χ2n) is 7.88. The fourth-order valence-electron chi connectivity index (χ4n) is 1.93. The average Bonchev–Trinajstić information content (AvgIpc) is 3.23. The van der Waals surface area contributed by atoms with Gasteiger partial charge in [0.1, 0.15) is 5.60 Å². The molecule has 7 nitrogen and oxygen atoms in total. The molecule has 7 heteroatoms. The van der Waals surface area contributed by atoms with Crippen LogP contribution in [0.3, 0.4) is 0 Å². The van der Waals surface area contributed by atoms with Gasteiger partial charge in [0.05, 0.1) is 12.1 Å². The molecule has 1 fully saturated rings. The highest BCUT2D eigenvalue weighted by atomic mass is 16.6. The number of hydrogen-bond donors (Lipinski definition) is 3. The first-order valence-electron chi connectivity index (χ1n) is 8.65. The van der Waals surface area contributed by atoms with Crippen molar-refractivity contribution in [3.63, 3.8) is 0 Å². The lowest BCUT2D eigenvalue weighted by molar-refractivity contribution is 0.0474. The Morgan fingerprint density at radius 3 is 2.38 bits per heavy atom. The third-order valence-electron chi connectivity index (χ3n) is 3.35. The molecule has 0 aromatic heterocycles. The Morgan fingerprint density at radius 2 is 1.83 bits per heavy atom. The van der Waals surface area contributed by atoms with E-state index in [1.54, 1.807) is 7.05 Å². The first-order valence-corrected chi connectivity index (χ1v) is 8.65. The summed E-state index contributed by atoms with van der Waals surface area (Å²) in [6.07, 6.45) is 2.18. The number of nitrogens with zero attached hydrogens (tertiary/aromatic N) is 1. The van der Waals surface area contributed by atoms with Gasteiger partial charge in [-0.25, -0.2) is 4.79 Å². The SMILES string of the molecule is CN=C(NCCOCC1CC1)NCC(C)(C)NC(=O)OC(C)(C)C. The van der Waals surface area contributed by atoms with Crippen LogP contribution in [0.4, 0.5) is 4.79 Å². The minimum Gasteiger partial charge on any atom is -0.444 e. The number of carbonyl (C=O) groups excluding carboxylic acids is 1. The minimum absolute atomic E-state index is 0.425. The number of aliphatic imine (C=N–C) groups is 1. The number of rotatable bonds is 8. The van der Waals surface area contributed by atoms with E-state index >= 15 is 0 Å². The first-order chi connectivity index (χ1) is 11.1. The van der Waals surface area contributed by atoms with E-state index in [1.165, 1.54) is 12.8 Å². The molecule has 1 aliphatic rings. The lowest BCUT2D eigenvalue weighted by atomic mass is 10.1. The van der Waals surface area contributed by atoms with E-state index in [0.29, 0.717) is 25.7 Å². The smallest absolute Gasteiger partial charge is 0.408 e. The molecule has 1 aliphatic carbocycles. The Kier molecular flexibility index (Phi) is 7.79. The quantitative estimate of drug-likeness (QED) is 0.356. The summed E-state index contributed by atoms with van der Waals surface area (Å²) in [6, 6.07) is 0. The van der Waals surface area contributed by atoms with E-state index in [0.717, 1.165) is 12.5 Å². The van der Waals surface area contributed by atoms with Gasteiger partial charge in [0.15, 0.2) is 5.96 Å². The van der Waals surface area contributed by atoms with E-state index in [9.17, 15) is 4.79 Å². The van der Waals surface area contributed by atoms with Gasteiger partial charge >= 0.3 is 6.09 Å². The maximum atomic E-state index is 11.9. The molecule has 1 amide bonds. The Morgan fingerprint density at radius 1 is 1.17 bits per heavy atom. The van der Waals surface area contributed by atoms with Crippen molar-refractivity contribution in [2.24, 2.45) is 10.9 Å². The molecule has 0 aromatic rings. The third-order valence-corrected chi connectivity index (χ3v) is 3.35. The Hall–Kier alpha value is -1.50. The van der Waals surface area contributed by atoms with Crippen LogP contribution in [0.5, 0.6) is 0 Å². The second kappa shape index (κ2) is 9.11. The fraction of sp³-hybridized carbons (Fsp3) is 0.882. The van der Waals surface area contributed by atoms with Crippen molar-refractivity contribution in [1.29, 1.82) is 0 Å². The largest absolute Gasteiger partial charge is 0.444 e. The average molecular weight is 342 g/mol. The summed E-state index contributed by atoms with van der Waals surface area (Å²) >= 11 is 0. The van der Waals surface area contributed by atoms with Crippen LogP contribution < -0.4 is 16.0 Å². The first kappa shape index (κ1) is 20.5. The van der Waals surface area contributed by atoms with E-state index in [1.807, 2.05) is 34.6 Å². The van der Waals surface area contributed by atoms with Crippen LogP contribution in [0.1, 0.15) is 47.5 Å². The van der Waals surface area contributed by atoms with Crippen LogP contribution >= 0.6 is 0 Å². The highest BCUT2D eigenvalue weighted by Crippen LogP contribution is 2.28. The van der Waals surface area contributed by atoms with Gasteiger partial charge in [-0.1, -0.05) is 0 Å². The molecular formula is C17H34N4O3. The van der Waals surface area contributed by atoms with E-state index < -0.39 is 17.2 Å². The number of hydrogen-bond acceptors (Lipinski definition) is 4. The van der Waals surface area contributed by atoms with Crippen molar-refractivity contribution >= 4 is 12.1 Å². The highest BCUT2D eigenvalue weighted by molar-refractivity contribution is 5.79. The van der Waals surface area contributed by atoms with Gasteiger partial charge in [-0.15, -0.1) is 0 Å². The van der Waals surface area contributed by atoms with Crippen molar-refractivity contribution in [2.75, 3.05) is 33.4 Å². The zero-order valence-electron chi connectivity index (χ0n) is 16.0. The molecule has 1 saturated carbocycles. The Bertz CT molecular complexity index is 426. The topological polar surface area (TPSA) is 84.0 Å². The van der Waals surface area contributed by atoms with Gasteiger partial charge in [0.2, 0.25) is 0 Å². The summed E-state index contributed by atoms with van der Waals surface area (Å²) in [5.41, 5.74) is -0.978. The van der Waals surface area contributed by atoms with E-state index in [2.05, 4.69) is 20.9 Å². The number of alkyl carbamates (subject to hydrolysis) is 1. The molecule has 0 saturated heterocycles. The Labute approximate surface area is 146 Å². The summed E-state index contributed by atoms with van der Waals surface area (Å²) in [5, 5.41) is 9.26. The summed E-state index contributed by atoms with van der Waals surface area (Å²) in [5.74, 6) is 1.46. The number of guanidine groups is 1. The highest BCUT2D eigenvalue weighted by Gasteiger charge is 2.24. The zero-order valence-corrected chi connectivity index (χ0v) is 16.0. The molecule has 0 atom stereocenters. The third kappa shape index (κ3) is 10.3. The van der Waals surface area contributed by atoms with Crippen LogP contribution in [-0.2, 0) is 9.47 Å². The number of nitrogens with one attached hydrogen (secondary N) is 3. The van der Waals surface area contributed by atoms with Gasteiger partial charge < -0.3 is 25.4 Å². The number of ether oxygens (including phenoxy) is 2. The van der Waals surface area contributed by atoms with Crippen LogP contribution in [0, 0.1) is 5.92 Å². The van der Waals surface area contributed by atoms with Gasteiger partial charge in [0, 0.05) is 26.7 Å². The van der Waals surface area contributed by atoms with Crippen molar-refractivity contribution in [3.8, 4) is 0 Å². The van der Waals surface area contributed by atoms with Crippen LogP contribution in [0.2, 0.25) is 0 Å². The minimum atomic E-state index is -0.508. The summed E-state index contributed by atoms with van der Waals surface area (Å²) in [4.78, 5) is 16.0. The number of carbonyl (C=O) groups is 1. The lowest BCUT2D eigenvalue weighted by Crippen LogP contribution is -2.54. The molecule has 0 aliphatic heterocycles. The van der Waals surface area contributed by atoms with Crippen molar-refractivity contribution in [1.82, 2.24) is 16.0 Å². The predicted octanol–water partition coefficient (Wildman–Crippen LogP) is 1.88. The molecule has 140 valence electrons. The molecule has 0 bridgehead atoms. The molecular weight excluding hydrogens is 308 g/mol. The van der Waals surface area contributed by atoms with Gasteiger partial charge in [-0.05, 0) is 53.4 Å². The van der Waals surface area contributed by atoms with Gasteiger partial charge in [-0.3, -0.25) is 4.99 Å². The molecule has 24 heavy (non-hydrogen) atoms. The fourth-order valence-corrected chi connectivity index (χ4v) is 1.93. The maximum Gasteiger partial charge on any atom is 0.408 e. The number of amides is 1. The molecule has 1 rings (SSSR count). The monoisotopic (exact) mass is 342 g/mol. The van der Waals surface area contributed by atoms with Crippen LogP contribution in [-0.4, -0.2) is 56.5 Å². The van der Waals surface area contributed by atoms with Crippen molar-refractivity contribution < 1.29 is 14.3 Å². The molecule has 3 N–H and O–H groups in total. The van der Waals surface area contributed by atoms with Gasteiger partial charge in [0.25, 0.3) is 0 Å². The Balaban J connectivity index is 2.22. The van der Waals surface area contributed by atoms with Crippen LogP contribution in [0.25, 0.3) is 0 Å². The second-order valence-corrected chi connectivity index (χ2v) is 7.88. The lowest BCUT2D eigenvalue weighted by Gasteiger charge is -2.29. The maximum absolute atomic E-state index is 11.9. The standard InChI is InChI=1S/C17H34N4O3/c1-16(2,3)24-15(22)21-17(4,5)12-20-14(18-6)19-9-10-23-11-13-7-8-13/h13H,7-12H2,1-6H3,(H,21,22)(H2,18,19,20). The van der Waals surface area contributed by atoms with Crippen molar-refractivity contribution in [3.05, 3.63) is 0 Å². The van der Waals surface area contributed by atoms with Crippen LogP contribution in [0.15, 0.2) is 4.99 Å². The zero-order chi connectivity index (χ0) is 18.2. The summed E-state index contributed by atoms with van der Waals surface area (Å²) in [6.45, 7) is 12.1. The molecule has 0 aromatic carbocycles.